The first kappa shape index (κ1) is 23.3. The highest BCUT2D eigenvalue weighted by Gasteiger charge is 2.35. The smallest absolute Gasteiger partial charge is 0.261 e. The van der Waals surface area contributed by atoms with Crippen LogP contribution in [-0.2, 0) is 13.1 Å². The number of benzene rings is 3. The quantitative estimate of drug-likeness (QED) is 0.481. The van der Waals surface area contributed by atoms with Crippen molar-refractivity contribution in [2.24, 2.45) is 0 Å². The SMILES string of the molecule is CN(C)CCN(Cc1cccc(F)c1)C(=O)c1cccc(CN2C(=O)c3ccccc3C2=O)c1. The standard InChI is InChI=1S/C27H26FN3O3/c1-29(2)13-14-30(17-20-8-6-10-22(28)16-20)25(32)21-9-5-7-19(15-21)18-31-26(33)23-11-3-4-12-24(23)27(31)34/h3-12,15-16H,13-14,17-18H2,1-2H3. The van der Waals surface area contributed by atoms with Crippen molar-refractivity contribution < 1.29 is 18.8 Å². The predicted octanol–water partition coefficient (Wildman–Crippen LogP) is 3.83. The second-order valence-corrected chi connectivity index (χ2v) is 8.60. The van der Waals surface area contributed by atoms with E-state index in [0.29, 0.717) is 40.9 Å². The Morgan fingerprint density at radius 2 is 1.47 bits per heavy atom. The Bertz CT molecular complexity index is 1210. The van der Waals surface area contributed by atoms with Gasteiger partial charge in [0.1, 0.15) is 5.82 Å². The largest absolute Gasteiger partial charge is 0.333 e. The maximum Gasteiger partial charge on any atom is 0.261 e. The molecule has 4 rings (SSSR count). The van der Waals surface area contributed by atoms with E-state index in [2.05, 4.69) is 0 Å². The van der Waals surface area contributed by atoms with E-state index in [-0.39, 0.29) is 36.6 Å². The first-order valence-corrected chi connectivity index (χ1v) is 11.1. The third-order valence-electron chi connectivity index (χ3n) is 5.76. The van der Waals surface area contributed by atoms with Crippen molar-refractivity contribution >= 4 is 17.7 Å². The van der Waals surface area contributed by atoms with Crippen molar-refractivity contribution in [3.63, 3.8) is 0 Å². The lowest BCUT2D eigenvalue weighted by atomic mass is 10.1. The molecule has 0 spiro atoms. The van der Waals surface area contributed by atoms with Gasteiger partial charge in [0, 0.05) is 25.2 Å². The molecule has 1 aliphatic rings. The van der Waals surface area contributed by atoms with Crippen molar-refractivity contribution in [1.29, 1.82) is 0 Å². The van der Waals surface area contributed by atoms with E-state index in [1.165, 1.54) is 17.0 Å². The zero-order valence-corrected chi connectivity index (χ0v) is 19.2. The van der Waals surface area contributed by atoms with Crippen LogP contribution < -0.4 is 0 Å². The van der Waals surface area contributed by atoms with Crippen LogP contribution in [0.5, 0.6) is 0 Å². The highest BCUT2D eigenvalue weighted by Crippen LogP contribution is 2.24. The Kier molecular flexibility index (Phi) is 6.84. The minimum atomic E-state index is -0.347. The maximum absolute atomic E-state index is 13.7. The van der Waals surface area contributed by atoms with Gasteiger partial charge >= 0.3 is 0 Å². The van der Waals surface area contributed by atoms with Gasteiger partial charge in [0.25, 0.3) is 17.7 Å². The van der Waals surface area contributed by atoms with Crippen LogP contribution in [-0.4, -0.2) is 59.6 Å². The Hall–Kier alpha value is -3.84. The van der Waals surface area contributed by atoms with Crippen molar-refractivity contribution in [1.82, 2.24) is 14.7 Å². The summed E-state index contributed by atoms with van der Waals surface area (Å²) in [6, 6.07) is 19.9. The molecule has 1 aliphatic heterocycles. The molecule has 0 unspecified atom stereocenters. The third kappa shape index (κ3) is 5.05. The van der Waals surface area contributed by atoms with Gasteiger partial charge in [-0.15, -0.1) is 0 Å². The molecule has 34 heavy (non-hydrogen) atoms. The molecular weight excluding hydrogens is 433 g/mol. The molecule has 3 amide bonds. The van der Waals surface area contributed by atoms with Gasteiger partial charge < -0.3 is 9.80 Å². The summed E-state index contributed by atoms with van der Waals surface area (Å²) >= 11 is 0. The van der Waals surface area contributed by atoms with E-state index >= 15 is 0 Å². The van der Waals surface area contributed by atoms with Gasteiger partial charge in [-0.2, -0.15) is 0 Å². The van der Waals surface area contributed by atoms with Crippen LogP contribution in [0.1, 0.15) is 42.2 Å². The second kappa shape index (κ2) is 9.97. The Morgan fingerprint density at radius 3 is 2.12 bits per heavy atom. The van der Waals surface area contributed by atoms with Crippen LogP contribution in [0.4, 0.5) is 4.39 Å². The molecule has 7 heteroatoms. The Balaban J connectivity index is 1.54. The second-order valence-electron chi connectivity index (χ2n) is 8.60. The van der Waals surface area contributed by atoms with Crippen LogP contribution in [0.3, 0.4) is 0 Å². The number of amides is 3. The van der Waals surface area contributed by atoms with Gasteiger partial charge in [0.15, 0.2) is 0 Å². The van der Waals surface area contributed by atoms with Crippen LogP contribution >= 0.6 is 0 Å². The first-order chi connectivity index (χ1) is 16.3. The molecule has 0 N–H and O–H groups in total. The number of imide groups is 1. The zero-order valence-electron chi connectivity index (χ0n) is 19.2. The topological polar surface area (TPSA) is 60.9 Å². The molecule has 174 valence electrons. The average Bonchev–Trinajstić information content (AvgIpc) is 3.06. The number of nitrogens with zero attached hydrogens (tertiary/aromatic N) is 3. The van der Waals surface area contributed by atoms with Crippen molar-refractivity contribution in [3.05, 3.63) is 106 Å². The maximum atomic E-state index is 13.7. The number of carbonyl (C=O) groups is 3. The third-order valence-corrected chi connectivity index (χ3v) is 5.76. The minimum Gasteiger partial charge on any atom is -0.333 e. The molecule has 0 saturated carbocycles. The Labute approximate surface area is 198 Å². The summed E-state index contributed by atoms with van der Waals surface area (Å²) in [6.45, 7) is 1.46. The Morgan fingerprint density at radius 1 is 0.824 bits per heavy atom. The fourth-order valence-corrected chi connectivity index (χ4v) is 3.98. The van der Waals surface area contributed by atoms with Gasteiger partial charge in [0.05, 0.1) is 17.7 Å². The average molecular weight is 460 g/mol. The highest BCUT2D eigenvalue weighted by molar-refractivity contribution is 6.21. The van der Waals surface area contributed by atoms with E-state index in [4.69, 9.17) is 0 Å². The summed E-state index contributed by atoms with van der Waals surface area (Å²) in [6.07, 6.45) is 0. The molecule has 1 heterocycles. The fourth-order valence-electron chi connectivity index (χ4n) is 3.98. The molecule has 0 aliphatic carbocycles. The van der Waals surface area contributed by atoms with Gasteiger partial charge in [-0.25, -0.2) is 4.39 Å². The van der Waals surface area contributed by atoms with Crippen LogP contribution in [0, 0.1) is 5.82 Å². The lowest BCUT2D eigenvalue weighted by Crippen LogP contribution is -2.36. The van der Waals surface area contributed by atoms with Gasteiger partial charge in [-0.3, -0.25) is 19.3 Å². The fraction of sp³-hybridized carbons (Fsp3) is 0.222. The monoisotopic (exact) mass is 459 g/mol. The lowest BCUT2D eigenvalue weighted by Gasteiger charge is -2.25. The summed E-state index contributed by atoms with van der Waals surface area (Å²) in [4.78, 5) is 43.7. The van der Waals surface area contributed by atoms with E-state index in [9.17, 15) is 18.8 Å². The van der Waals surface area contributed by atoms with Crippen LogP contribution in [0.15, 0.2) is 72.8 Å². The summed E-state index contributed by atoms with van der Waals surface area (Å²) in [5, 5.41) is 0. The van der Waals surface area contributed by atoms with Crippen molar-refractivity contribution in [3.8, 4) is 0 Å². The molecule has 0 bridgehead atoms. The molecule has 0 atom stereocenters. The zero-order chi connectivity index (χ0) is 24.2. The van der Waals surface area contributed by atoms with Gasteiger partial charge in [-0.05, 0) is 61.6 Å². The van der Waals surface area contributed by atoms with Crippen molar-refractivity contribution in [2.45, 2.75) is 13.1 Å². The van der Waals surface area contributed by atoms with Crippen LogP contribution in [0.25, 0.3) is 0 Å². The number of rotatable bonds is 8. The first-order valence-electron chi connectivity index (χ1n) is 11.1. The molecule has 0 saturated heterocycles. The molecular formula is C27H26FN3O3. The molecule has 0 aromatic heterocycles. The number of hydrogen-bond donors (Lipinski definition) is 0. The predicted molar refractivity (Wildman–Crippen MR) is 127 cm³/mol. The number of likely N-dealkylation sites (N-methyl/N-ethyl adjacent to an activating group) is 1. The van der Waals surface area contributed by atoms with E-state index in [1.54, 1.807) is 65.6 Å². The molecule has 6 nitrogen and oxygen atoms in total. The molecule has 3 aromatic rings. The van der Waals surface area contributed by atoms with E-state index in [1.807, 2.05) is 19.0 Å². The minimum absolute atomic E-state index is 0.0784. The van der Waals surface area contributed by atoms with Crippen LogP contribution in [0.2, 0.25) is 0 Å². The molecule has 3 aromatic carbocycles. The summed E-state index contributed by atoms with van der Waals surface area (Å²) in [5.74, 6) is -1.22. The van der Waals surface area contributed by atoms with E-state index < -0.39 is 0 Å². The summed E-state index contributed by atoms with van der Waals surface area (Å²) in [7, 11) is 3.85. The number of fused-ring (bicyclic) bond motifs is 1. The molecule has 0 radical (unpaired) electrons. The van der Waals surface area contributed by atoms with Crippen molar-refractivity contribution in [2.75, 3.05) is 27.2 Å². The summed E-state index contributed by atoms with van der Waals surface area (Å²) in [5.41, 5.74) is 2.62. The number of halogens is 1. The van der Waals surface area contributed by atoms with Gasteiger partial charge in [-0.1, -0.05) is 36.4 Å². The molecule has 0 fully saturated rings. The lowest BCUT2D eigenvalue weighted by molar-refractivity contribution is 0.0642. The highest BCUT2D eigenvalue weighted by atomic mass is 19.1. The van der Waals surface area contributed by atoms with E-state index in [0.717, 1.165) is 0 Å². The van der Waals surface area contributed by atoms with Gasteiger partial charge in [0.2, 0.25) is 0 Å². The number of hydrogen-bond acceptors (Lipinski definition) is 4. The number of carbonyl (C=O) groups excluding carboxylic acids is 3. The normalized spacial score (nSPS) is 12.9. The summed E-state index contributed by atoms with van der Waals surface area (Å²) < 4.78 is 13.7.